The van der Waals surface area contributed by atoms with E-state index in [4.69, 9.17) is 10.2 Å². The molecule has 1 aromatic heterocycles. The van der Waals surface area contributed by atoms with Crippen LogP contribution >= 0.6 is 0 Å². The number of nitrogens with one attached hydrogen (secondary N) is 1. The molecule has 1 aromatic rings. The van der Waals surface area contributed by atoms with Crippen molar-refractivity contribution in [3.63, 3.8) is 0 Å². The van der Waals surface area contributed by atoms with Crippen molar-refractivity contribution in [1.82, 2.24) is 4.98 Å². The van der Waals surface area contributed by atoms with E-state index in [-0.39, 0.29) is 12.2 Å². The zero-order valence-corrected chi connectivity index (χ0v) is 10.8. The second kappa shape index (κ2) is 6.96. The normalized spacial score (nSPS) is 12.2. The number of carboxylic acids is 1. The van der Waals surface area contributed by atoms with Crippen LogP contribution in [-0.2, 0) is 0 Å². The molecule has 18 heavy (non-hydrogen) atoms. The first-order valence-corrected chi connectivity index (χ1v) is 6.14. The van der Waals surface area contributed by atoms with E-state index in [1.807, 2.05) is 13.8 Å². The fourth-order valence-corrected chi connectivity index (χ4v) is 1.74. The van der Waals surface area contributed by atoms with Gasteiger partial charge in [0.2, 0.25) is 0 Å². The number of aliphatic hydroxyl groups is 1. The molecule has 0 radical (unpaired) electrons. The predicted octanol–water partition coefficient (Wildman–Crippen LogP) is 1.91. The van der Waals surface area contributed by atoms with Gasteiger partial charge in [0.25, 0.3) is 0 Å². The number of rotatable bonds is 7. The van der Waals surface area contributed by atoms with Gasteiger partial charge in [-0.3, -0.25) is 0 Å². The van der Waals surface area contributed by atoms with Crippen molar-refractivity contribution >= 4 is 11.8 Å². The molecule has 0 aliphatic heterocycles. The molecule has 1 unspecified atom stereocenters. The average Bonchev–Trinajstić information content (AvgIpc) is 2.34. The van der Waals surface area contributed by atoms with Gasteiger partial charge in [0, 0.05) is 18.8 Å². The Hall–Kier alpha value is -1.62. The fourth-order valence-electron chi connectivity index (χ4n) is 1.74. The first-order chi connectivity index (χ1) is 8.58. The molecule has 0 spiro atoms. The second-order valence-corrected chi connectivity index (χ2v) is 4.32. The van der Waals surface area contributed by atoms with Crippen LogP contribution in [0.3, 0.4) is 0 Å². The number of carbonyl (C=O) groups is 1. The Morgan fingerprint density at radius 3 is 2.78 bits per heavy atom. The van der Waals surface area contributed by atoms with E-state index in [0.29, 0.717) is 24.7 Å². The fraction of sp³-hybridized carbons (Fsp3) is 0.538. The average molecular weight is 252 g/mol. The zero-order valence-electron chi connectivity index (χ0n) is 10.8. The number of hydrogen-bond donors (Lipinski definition) is 3. The van der Waals surface area contributed by atoms with Crippen LogP contribution in [0.5, 0.6) is 0 Å². The lowest BCUT2D eigenvalue weighted by atomic mass is 10.0. The van der Waals surface area contributed by atoms with Crippen LogP contribution in [0.1, 0.15) is 35.8 Å². The van der Waals surface area contributed by atoms with Crippen molar-refractivity contribution in [3.05, 3.63) is 23.4 Å². The Bertz CT molecular complexity index is 407. The summed E-state index contributed by atoms with van der Waals surface area (Å²) >= 11 is 0. The van der Waals surface area contributed by atoms with E-state index in [2.05, 4.69) is 10.3 Å². The summed E-state index contributed by atoms with van der Waals surface area (Å²) in [4.78, 5) is 15.3. The summed E-state index contributed by atoms with van der Waals surface area (Å²) in [5.74, 6) is -0.266. The van der Waals surface area contributed by atoms with Crippen LogP contribution < -0.4 is 5.32 Å². The van der Waals surface area contributed by atoms with E-state index in [0.717, 1.165) is 12.1 Å². The highest BCUT2D eigenvalue weighted by molar-refractivity contribution is 5.93. The highest BCUT2D eigenvalue weighted by Crippen LogP contribution is 2.15. The topological polar surface area (TPSA) is 82.5 Å². The lowest BCUT2D eigenvalue weighted by Gasteiger charge is -2.16. The minimum absolute atomic E-state index is 0.146. The van der Waals surface area contributed by atoms with Crippen molar-refractivity contribution < 1.29 is 15.0 Å². The molecule has 0 bridgehead atoms. The van der Waals surface area contributed by atoms with Gasteiger partial charge in [0.1, 0.15) is 11.4 Å². The van der Waals surface area contributed by atoms with E-state index < -0.39 is 5.97 Å². The number of hydrogen-bond acceptors (Lipinski definition) is 4. The van der Waals surface area contributed by atoms with Crippen LogP contribution in [0.15, 0.2) is 12.1 Å². The first-order valence-electron chi connectivity index (χ1n) is 6.14. The van der Waals surface area contributed by atoms with Gasteiger partial charge in [-0.05, 0) is 31.4 Å². The van der Waals surface area contributed by atoms with E-state index >= 15 is 0 Å². The summed E-state index contributed by atoms with van der Waals surface area (Å²) in [6.07, 6.45) is 1.64. The van der Waals surface area contributed by atoms with Gasteiger partial charge in [-0.15, -0.1) is 0 Å². The standard InChI is InChI=1S/C13H20N2O3/c1-3-10(6-7-16)8-14-12-11(13(17)18)5-4-9(2)15-12/h4-5,10,16H,3,6-8H2,1-2H3,(H,14,15)(H,17,18). The third-order valence-corrected chi connectivity index (χ3v) is 2.94. The Kier molecular flexibility index (Phi) is 5.58. The molecular weight excluding hydrogens is 232 g/mol. The summed E-state index contributed by atoms with van der Waals surface area (Å²) in [5, 5.41) is 21.0. The third-order valence-electron chi connectivity index (χ3n) is 2.94. The molecule has 3 N–H and O–H groups in total. The molecule has 1 atom stereocenters. The lowest BCUT2D eigenvalue weighted by molar-refractivity contribution is 0.0697. The smallest absolute Gasteiger partial charge is 0.339 e. The molecular formula is C13H20N2O3. The van der Waals surface area contributed by atoms with Crippen LogP contribution in [0.2, 0.25) is 0 Å². The largest absolute Gasteiger partial charge is 0.478 e. The quantitative estimate of drug-likeness (QED) is 0.690. The molecule has 0 saturated heterocycles. The van der Waals surface area contributed by atoms with Gasteiger partial charge in [-0.1, -0.05) is 13.3 Å². The number of aliphatic hydroxyl groups excluding tert-OH is 1. The van der Waals surface area contributed by atoms with Crippen LogP contribution in [0, 0.1) is 12.8 Å². The Balaban J connectivity index is 2.76. The highest BCUT2D eigenvalue weighted by Gasteiger charge is 2.13. The van der Waals surface area contributed by atoms with E-state index in [1.54, 1.807) is 12.1 Å². The van der Waals surface area contributed by atoms with E-state index in [9.17, 15) is 4.79 Å². The van der Waals surface area contributed by atoms with Crippen LogP contribution in [0.4, 0.5) is 5.82 Å². The Morgan fingerprint density at radius 1 is 1.50 bits per heavy atom. The van der Waals surface area contributed by atoms with Crippen molar-refractivity contribution in [2.24, 2.45) is 5.92 Å². The van der Waals surface area contributed by atoms with Crippen molar-refractivity contribution in [2.75, 3.05) is 18.5 Å². The van der Waals surface area contributed by atoms with Crippen LogP contribution in [0.25, 0.3) is 0 Å². The highest BCUT2D eigenvalue weighted by atomic mass is 16.4. The number of aromatic carboxylic acids is 1. The summed E-state index contributed by atoms with van der Waals surface area (Å²) in [7, 11) is 0. The molecule has 0 aromatic carbocycles. The summed E-state index contributed by atoms with van der Waals surface area (Å²) in [5.41, 5.74) is 0.956. The first kappa shape index (κ1) is 14.4. The molecule has 0 saturated carbocycles. The number of aromatic nitrogens is 1. The lowest BCUT2D eigenvalue weighted by Crippen LogP contribution is -2.17. The molecule has 100 valence electrons. The minimum atomic E-state index is -0.986. The maximum absolute atomic E-state index is 11.1. The second-order valence-electron chi connectivity index (χ2n) is 4.32. The summed E-state index contributed by atoms with van der Waals surface area (Å²) in [6.45, 7) is 4.63. The molecule has 5 nitrogen and oxygen atoms in total. The minimum Gasteiger partial charge on any atom is -0.478 e. The van der Waals surface area contributed by atoms with Gasteiger partial charge in [-0.25, -0.2) is 9.78 Å². The molecule has 0 amide bonds. The van der Waals surface area contributed by atoms with Gasteiger partial charge in [-0.2, -0.15) is 0 Å². The third kappa shape index (κ3) is 4.00. The molecule has 1 rings (SSSR count). The maximum Gasteiger partial charge on any atom is 0.339 e. The van der Waals surface area contributed by atoms with Crippen molar-refractivity contribution in [3.8, 4) is 0 Å². The number of carboxylic acid groups (broad SMARTS) is 1. The number of aryl methyl sites for hydroxylation is 1. The van der Waals surface area contributed by atoms with Crippen molar-refractivity contribution in [1.29, 1.82) is 0 Å². The molecule has 5 heteroatoms. The summed E-state index contributed by atoms with van der Waals surface area (Å²) in [6, 6.07) is 3.24. The molecule has 0 aliphatic carbocycles. The van der Waals surface area contributed by atoms with Gasteiger partial charge < -0.3 is 15.5 Å². The number of anilines is 1. The SMILES string of the molecule is CCC(CCO)CNc1nc(C)ccc1C(=O)O. The van der Waals surface area contributed by atoms with Gasteiger partial charge in [0.15, 0.2) is 0 Å². The molecule has 0 fully saturated rings. The van der Waals surface area contributed by atoms with Crippen molar-refractivity contribution in [2.45, 2.75) is 26.7 Å². The number of pyridine rings is 1. The molecule has 0 aliphatic rings. The number of nitrogens with zero attached hydrogens (tertiary/aromatic N) is 1. The van der Waals surface area contributed by atoms with Gasteiger partial charge in [0.05, 0.1) is 0 Å². The van der Waals surface area contributed by atoms with Gasteiger partial charge >= 0.3 is 5.97 Å². The predicted molar refractivity (Wildman–Crippen MR) is 69.9 cm³/mol. The Labute approximate surface area is 107 Å². The van der Waals surface area contributed by atoms with E-state index in [1.165, 1.54) is 0 Å². The zero-order chi connectivity index (χ0) is 13.5. The summed E-state index contributed by atoms with van der Waals surface area (Å²) < 4.78 is 0. The van der Waals surface area contributed by atoms with Crippen LogP contribution in [-0.4, -0.2) is 34.3 Å². The molecule has 1 heterocycles. The Morgan fingerprint density at radius 2 is 2.22 bits per heavy atom. The maximum atomic E-state index is 11.1. The monoisotopic (exact) mass is 252 g/mol.